The maximum absolute atomic E-state index is 12.1. The average Bonchev–Trinajstić information content (AvgIpc) is 2.70. The zero-order valence-electron chi connectivity index (χ0n) is 15.0. The van der Waals surface area contributed by atoms with E-state index < -0.39 is 16.7 Å². The zero-order valence-corrected chi connectivity index (χ0v) is 17.9. The summed E-state index contributed by atoms with van der Waals surface area (Å²) in [5.74, 6) is -0.324. The molecular weight excluding hydrogens is 511 g/mol. The van der Waals surface area contributed by atoms with E-state index in [1.807, 2.05) is 22.6 Å². The fourth-order valence-corrected chi connectivity index (χ4v) is 2.94. The van der Waals surface area contributed by atoms with Crippen molar-refractivity contribution in [1.82, 2.24) is 16.2 Å². The molecule has 0 spiro atoms. The number of halogens is 1. The van der Waals surface area contributed by atoms with Crippen molar-refractivity contribution in [3.63, 3.8) is 0 Å². The van der Waals surface area contributed by atoms with E-state index >= 15 is 0 Å². The monoisotopic (exact) mass is 526 g/mol. The number of non-ortho nitro benzene ring substituents is 1. The summed E-state index contributed by atoms with van der Waals surface area (Å²) in [5, 5.41) is 12.9. The first kappa shape index (κ1) is 22.2. The van der Waals surface area contributed by atoms with Crippen molar-refractivity contribution in [3.05, 3.63) is 73.4 Å². The van der Waals surface area contributed by atoms with Crippen LogP contribution in [0.1, 0.15) is 15.9 Å². The van der Waals surface area contributed by atoms with Gasteiger partial charge in [-0.15, -0.1) is 0 Å². The molecule has 0 saturated heterocycles. The van der Waals surface area contributed by atoms with Crippen LogP contribution in [0, 0.1) is 13.7 Å². The van der Waals surface area contributed by atoms with Gasteiger partial charge in [0, 0.05) is 23.8 Å². The number of hydrogen-bond acceptors (Lipinski definition) is 6. The first-order valence-electron chi connectivity index (χ1n) is 7.97. The summed E-state index contributed by atoms with van der Waals surface area (Å²) >= 11 is 7.00. The highest BCUT2D eigenvalue weighted by Crippen LogP contribution is 2.21. The van der Waals surface area contributed by atoms with Crippen molar-refractivity contribution in [1.29, 1.82) is 0 Å². The molecule has 9 nitrogen and oxygen atoms in total. The molecule has 29 heavy (non-hydrogen) atoms. The van der Waals surface area contributed by atoms with Crippen LogP contribution in [0.5, 0.6) is 5.75 Å². The Kier molecular flexibility index (Phi) is 8.03. The van der Waals surface area contributed by atoms with Gasteiger partial charge in [0.15, 0.2) is 5.11 Å². The number of ether oxygens (including phenoxy) is 1. The van der Waals surface area contributed by atoms with Crippen molar-refractivity contribution < 1.29 is 19.2 Å². The summed E-state index contributed by atoms with van der Waals surface area (Å²) in [6.45, 7) is 0. The maximum Gasteiger partial charge on any atom is 0.269 e. The Morgan fingerprint density at radius 3 is 2.45 bits per heavy atom. The van der Waals surface area contributed by atoms with Crippen LogP contribution in [0.2, 0.25) is 0 Å². The number of carbonyl (C=O) groups is 2. The number of carbonyl (C=O) groups excluding carboxylic acids is 2. The fourth-order valence-electron chi connectivity index (χ4n) is 2.06. The maximum atomic E-state index is 12.1. The summed E-state index contributed by atoms with van der Waals surface area (Å²) in [5.41, 5.74) is 5.76. The largest absolute Gasteiger partial charge is 0.496 e. The van der Waals surface area contributed by atoms with Crippen LogP contribution in [-0.4, -0.2) is 29.0 Å². The Labute approximate surface area is 184 Å². The predicted octanol–water partition coefficient (Wildman–Crippen LogP) is 2.56. The second kappa shape index (κ2) is 10.5. The molecule has 0 aliphatic heterocycles. The number of nitro benzene ring substituents is 1. The first-order valence-corrected chi connectivity index (χ1v) is 9.46. The van der Waals surface area contributed by atoms with Crippen LogP contribution in [-0.2, 0) is 4.79 Å². The lowest BCUT2D eigenvalue weighted by molar-refractivity contribution is -0.384. The second-order valence-electron chi connectivity index (χ2n) is 5.43. The lowest BCUT2D eigenvalue weighted by Crippen LogP contribution is -2.48. The highest BCUT2D eigenvalue weighted by atomic mass is 127. The molecule has 0 saturated carbocycles. The number of nitrogens with one attached hydrogen (secondary N) is 3. The molecule has 0 heterocycles. The third-order valence-corrected chi connectivity index (χ3v) is 4.52. The van der Waals surface area contributed by atoms with Crippen LogP contribution in [0.15, 0.2) is 48.5 Å². The van der Waals surface area contributed by atoms with Crippen LogP contribution in [0.25, 0.3) is 6.08 Å². The van der Waals surface area contributed by atoms with Gasteiger partial charge < -0.3 is 4.74 Å². The molecule has 0 unspecified atom stereocenters. The van der Waals surface area contributed by atoms with Crippen LogP contribution >= 0.6 is 34.8 Å². The summed E-state index contributed by atoms with van der Waals surface area (Å²) in [6, 6.07) is 10.6. The molecule has 0 radical (unpaired) electrons. The van der Waals surface area contributed by atoms with Crippen molar-refractivity contribution in [2.24, 2.45) is 0 Å². The Hall–Kier alpha value is -3.06. The average molecular weight is 526 g/mol. The number of benzene rings is 2. The number of amides is 2. The summed E-state index contributed by atoms with van der Waals surface area (Å²) in [6.07, 6.45) is 2.68. The molecule has 0 atom stereocenters. The van der Waals surface area contributed by atoms with Crippen LogP contribution < -0.4 is 20.9 Å². The van der Waals surface area contributed by atoms with Gasteiger partial charge in [0.25, 0.3) is 11.6 Å². The van der Waals surface area contributed by atoms with Crippen molar-refractivity contribution in [2.75, 3.05) is 7.11 Å². The predicted molar refractivity (Wildman–Crippen MR) is 119 cm³/mol. The van der Waals surface area contributed by atoms with Crippen LogP contribution in [0.4, 0.5) is 5.69 Å². The molecule has 3 N–H and O–H groups in total. The second-order valence-corrected chi connectivity index (χ2v) is 7.00. The molecule has 0 aliphatic carbocycles. The van der Waals surface area contributed by atoms with Gasteiger partial charge in [0.05, 0.1) is 15.6 Å². The lowest BCUT2D eigenvalue weighted by atomic mass is 10.2. The fraction of sp³-hybridized carbons (Fsp3) is 0.0556. The number of nitro groups is 1. The minimum Gasteiger partial charge on any atom is -0.496 e. The van der Waals surface area contributed by atoms with Gasteiger partial charge in [0.1, 0.15) is 5.75 Å². The molecule has 2 aromatic carbocycles. The number of thiocarbonyl (C=S) groups is 1. The smallest absolute Gasteiger partial charge is 0.269 e. The van der Waals surface area contributed by atoms with E-state index in [4.69, 9.17) is 17.0 Å². The van der Waals surface area contributed by atoms with Gasteiger partial charge in [-0.05, 0) is 76.8 Å². The van der Waals surface area contributed by atoms with Gasteiger partial charge in [-0.25, -0.2) is 0 Å². The molecule has 0 aromatic heterocycles. The van der Waals surface area contributed by atoms with Gasteiger partial charge in [-0.3, -0.25) is 35.9 Å². The Morgan fingerprint density at radius 1 is 1.17 bits per heavy atom. The summed E-state index contributed by atoms with van der Waals surface area (Å²) in [4.78, 5) is 34.1. The van der Waals surface area contributed by atoms with E-state index in [2.05, 4.69) is 16.2 Å². The van der Waals surface area contributed by atoms with E-state index in [0.29, 0.717) is 16.9 Å². The van der Waals surface area contributed by atoms with E-state index in [9.17, 15) is 19.7 Å². The molecule has 2 aromatic rings. The third-order valence-electron chi connectivity index (χ3n) is 3.47. The van der Waals surface area contributed by atoms with Gasteiger partial charge in [0.2, 0.25) is 5.91 Å². The van der Waals surface area contributed by atoms with Crippen molar-refractivity contribution in [2.45, 2.75) is 0 Å². The first-order chi connectivity index (χ1) is 13.8. The normalized spacial score (nSPS) is 10.3. The number of rotatable bonds is 5. The molecule has 11 heteroatoms. The quantitative estimate of drug-likeness (QED) is 0.180. The van der Waals surface area contributed by atoms with Gasteiger partial charge in [-0.2, -0.15) is 0 Å². The molecule has 2 amide bonds. The van der Waals surface area contributed by atoms with Gasteiger partial charge in [-0.1, -0.05) is 0 Å². The Balaban J connectivity index is 1.83. The molecule has 150 valence electrons. The molecular formula is C18H15IN4O5S. The number of nitrogens with zero attached hydrogens (tertiary/aromatic N) is 1. The van der Waals surface area contributed by atoms with Crippen molar-refractivity contribution in [3.8, 4) is 5.75 Å². The van der Waals surface area contributed by atoms with Crippen molar-refractivity contribution >= 4 is 63.5 Å². The summed E-state index contributed by atoms with van der Waals surface area (Å²) < 4.78 is 5.90. The SMILES string of the molecule is COc1ccc(C(=O)NNC(=S)NC(=O)/C=C/c2ccc([N+](=O)[O-])cc2)cc1I. The molecule has 0 bridgehead atoms. The lowest BCUT2D eigenvalue weighted by Gasteiger charge is -2.10. The van der Waals surface area contributed by atoms with E-state index in [1.165, 1.54) is 43.5 Å². The third kappa shape index (κ3) is 6.80. The Bertz CT molecular complexity index is 979. The Morgan fingerprint density at radius 2 is 1.86 bits per heavy atom. The van der Waals surface area contributed by atoms with E-state index in [1.54, 1.807) is 18.2 Å². The molecule has 0 fully saturated rings. The zero-order chi connectivity index (χ0) is 21.4. The molecule has 0 aliphatic rings. The van der Waals surface area contributed by atoms with Gasteiger partial charge >= 0.3 is 0 Å². The van der Waals surface area contributed by atoms with Crippen LogP contribution in [0.3, 0.4) is 0 Å². The standard InChI is InChI=1S/C18H15IN4O5S/c1-28-15-8-5-12(10-14(15)19)17(25)21-22-18(29)20-16(24)9-4-11-2-6-13(7-3-11)23(26)27/h2-10H,1H3,(H,21,25)(H2,20,22,24,29)/b9-4+. The number of hydrogen-bond donors (Lipinski definition) is 3. The highest BCUT2D eigenvalue weighted by Gasteiger charge is 2.09. The van der Waals surface area contributed by atoms with E-state index in [-0.39, 0.29) is 10.8 Å². The number of methoxy groups -OCH3 is 1. The molecule has 2 rings (SSSR count). The summed E-state index contributed by atoms with van der Waals surface area (Å²) in [7, 11) is 1.54. The van der Waals surface area contributed by atoms with E-state index in [0.717, 1.165) is 3.57 Å². The highest BCUT2D eigenvalue weighted by molar-refractivity contribution is 14.1. The minimum atomic E-state index is -0.533. The minimum absolute atomic E-state index is 0.0423. The topological polar surface area (TPSA) is 123 Å². The number of hydrazine groups is 1.